The molecule has 0 amide bonds. The molecule has 1 atom stereocenters. The molecule has 90 valence electrons. The van der Waals surface area contributed by atoms with Crippen LogP contribution in [0.5, 0.6) is 0 Å². The average molecular weight is 297 g/mol. The third-order valence-corrected chi connectivity index (χ3v) is 2.87. The molecule has 5 nitrogen and oxygen atoms in total. The highest BCUT2D eigenvalue weighted by Crippen LogP contribution is 2.21. The molecular weight excluding hydrogens is 284 g/mol. The Morgan fingerprint density at radius 3 is 2.71 bits per heavy atom. The Morgan fingerprint density at radius 2 is 2.12 bits per heavy atom. The number of rotatable bonds is 3. The van der Waals surface area contributed by atoms with Gasteiger partial charge in [-0.15, -0.1) is 0 Å². The molecule has 0 saturated carbocycles. The Bertz CT molecular complexity index is 494. The molecule has 0 aliphatic rings. The van der Waals surface area contributed by atoms with E-state index in [0.717, 1.165) is 4.47 Å². The lowest BCUT2D eigenvalue weighted by Crippen LogP contribution is -2.18. The summed E-state index contributed by atoms with van der Waals surface area (Å²) in [5, 5.41) is 3.87. The van der Waals surface area contributed by atoms with Crippen LogP contribution in [0.3, 0.4) is 0 Å². The van der Waals surface area contributed by atoms with Crippen molar-refractivity contribution in [2.24, 2.45) is 11.7 Å². The van der Waals surface area contributed by atoms with Gasteiger partial charge in [-0.1, -0.05) is 19.0 Å². The minimum Gasteiger partial charge on any atom is -0.332 e. The molecule has 2 N–H and O–H groups in total. The van der Waals surface area contributed by atoms with E-state index in [-0.39, 0.29) is 12.0 Å². The largest absolute Gasteiger partial charge is 0.332 e. The van der Waals surface area contributed by atoms with Crippen LogP contribution in [0, 0.1) is 5.92 Å². The maximum atomic E-state index is 5.94. The lowest BCUT2D eigenvalue weighted by atomic mass is 10.1. The molecule has 1 unspecified atom stereocenters. The van der Waals surface area contributed by atoms with E-state index in [2.05, 4.69) is 31.1 Å². The van der Waals surface area contributed by atoms with Gasteiger partial charge in [0.1, 0.15) is 5.69 Å². The van der Waals surface area contributed by atoms with Gasteiger partial charge in [0.2, 0.25) is 0 Å². The molecule has 2 aromatic heterocycles. The molecule has 6 heteroatoms. The number of halogens is 1. The van der Waals surface area contributed by atoms with Crippen LogP contribution in [0.4, 0.5) is 0 Å². The van der Waals surface area contributed by atoms with Crippen LogP contribution in [0.15, 0.2) is 27.3 Å². The van der Waals surface area contributed by atoms with Gasteiger partial charge >= 0.3 is 0 Å². The Hall–Kier alpha value is -1.27. The van der Waals surface area contributed by atoms with Crippen molar-refractivity contribution in [3.63, 3.8) is 0 Å². The SMILES string of the molecule is CC(C)C(N)c1noc(-c2ccc(Br)cn2)n1. The van der Waals surface area contributed by atoms with Gasteiger partial charge < -0.3 is 10.3 Å². The predicted octanol–water partition coefficient (Wildman–Crippen LogP) is 2.55. The third-order valence-electron chi connectivity index (χ3n) is 2.40. The van der Waals surface area contributed by atoms with Crippen LogP contribution >= 0.6 is 15.9 Å². The number of nitrogens with zero attached hydrogens (tertiary/aromatic N) is 3. The second-order valence-corrected chi connectivity index (χ2v) is 5.00. The zero-order valence-electron chi connectivity index (χ0n) is 9.59. The van der Waals surface area contributed by atoms with Crippen LogP contribution in [0.25, 0.3) is 11.6 Å². The van der Waals surface area contributed by atoms with Gasteiger partial charge in [-0.3, -0.25) is 0 Å². The van der Waals surface area contributed by atoms with Gasteiger partial charge in [-0.25, -0.2) is 4.98 Å². The molecule has 0 saturated heterocycles. The van der Waals surface area contributed by atoms with E-state index in [1.54, 1.807) is 6.20 Å². The summed E-state index contributed by atoms with van der Waals surface area (Å²) in [7, 11) is 0. The molecule has 0 fully saturated rings. The van der Waals surface area contributed by atoms with E-state index >= 15 is 0 Å². The van der Waals surface area contributed by atoms with E-state index < -0.39 is 0 Å². The monoisotopic (exact) mass is 296 g/mol. The first-order valence-corrected chi connectivity index (χ1v) is 6.08. The minimum absolute atomic E-state index is 0.219. The normalized spacial score (nSPS) is 13.0. The summed E-state index contributed by atoms with van der Waals surface area (Å²) in [4.78, 5) is 8.43. The average Bonchev–Trinajstić information content (AvgIpc) is 2.78. The van der Waals surface area contributed by atoms with E-state index in [9.17, 15) is 0 Å². The number of hydrogen-bond acceptors (Lipinski definition) is 5. The smallest absolute Gasteiger partial charge is 0.276 e. The van der Waals surface area contributed by atoms with E-state index in [4.69, 9.17) is 10.3 Å². The Labute approximate surface area is 108 Å². The zero-order valence-corrected chi connectivity index (χ0v) is 11.2. The molecule has 0 aliphatic carbocycles. The van der Waals surface area contributed by atoms with Crippen LogP contribution in [0.1, 0.15) is 25.7 Å². The molecular formula is C11H13BrN4O. The first-order valence-electron chi connectivity index (χ1n) is 5.29. The summed E-state index contributed by atoms with van der Waals surface area (Å²) in [6.45, 7) is 4.02. The summed E-state index contributed by atoms with van der Waals surface area (Å²) in [5.74, 6) is 1.17. The highest BCUT2D eigenvalue weighted by molar-refractivity contribution is 9.10. The summed E-state index contributed by atoms with van der Waals surface area (Å²) >= 11 is 3.32. The van der Waals surface area contributed by atoms with E-state index in [1.807, 2.05) is 26.0 Å². The molecule has 17 heavy (non-hydrogen) atoms. The van der Waals surface area contributed by atoms with Crippen molar-refractivity contribution >= 4 is 15.9 Å². The molecule has 0 bridgehead atoms. The second-order valence-electron chi connectivity index (χ2n) is 4.09. The highest BCUT2D eigenvalue weighted by atomic mass is 79.9. The van der Waals surface area contributed by atoms with Crippen LogP contribution < -0.4 is 5.73 Å². The zero-order chi connectivity index (χ0) is 12.4. The molecule has 0 radical (unpaired) electrons. The second kappa shape index (κ2) is 4.93. The number of nitrogens with two attached hydrogens (primary N) is 1. The van der Waals surface area contributed by atoms with E-state index in [1.165, 1.54) is 0 Å². The van der Waals surface area contributed by atoms with Crippen LogP contribution in [-0.4, -0.2) is 15.1 Å². The lowest BCUT2D eigenvalue weighted by Gasteiger charge is -2.09. The fraction of sp³-hybridized carbons (Fsp3) is 0.364. The Kier molecular flexibility index (Phi) is 3.54. The first-order chi connectivity index (χ1) is 8.08. The highest BCUT2D eigenvalue weighted by Gasteiger charge is 2.18. The van der Waals surface area contributed by atoms with Crippen LogP contribution in [-0.2, 0) is 0 Å². The summed E-state index contributed by atoms with van der Waals surface area (Å²) < 4.78 is 6.05. The quantitative estimate of drug-likeness (QED) is 0.942. The minimum atomic E-state index is -0.219. The van der Waals surface area contributed by atoms with Crippen molar-refractivity contribution in [1.29, 1.82) is 0 Å². The Balaban J connectivity index is 2.26. The van der Waals surface area contributed by atoms with E-state index in [0.29, 0.717) is 17.4 Å². The number of aromatic nitrogens is 3. The topological polar surface area (TPSA) is 77.8 Å². The van der Waals surface area contributed by atoms with Crippen molar-refractivity contribution < 1.29 is 4.52 Å². The van der Waals surface area contributed by atoms with Gasteiger partial charge in [0.15, 0.2) is 5.82 Å². The van der Waals surface area contributed by atoms with Gasteiger partial charge in [0, 0.05) is 10.7 Å². The number of pyridine rings is 1. The van der Waals surface area contributed by atoms with Crippen molar-refractivity contribution in [3.05, 3.63) is 28.6 Å². The predicted molar refractivity (Wildman–Crippen MR) is 67.0 cm³/mol. The molecule has 2 rings (SSSR count). The Morgan fingerprint density at radius 1 is 1.35 bits per heavy atom. The lowest BCUT2D eigenvalue weighted by molar-refractivity contribution is 0.399. The van der Waals surface area contributed by atoms with Crippen molar-refractivity contribution in [1.82, 2.24) is 15.1 Å². The van der Waals surface area contributed by atoms with Gasteiger partial charge in [-0.2, -0.15) is 4.98 Å². The van der Waals surface area contributed by atoms with Crippen molar-refractivity contribution in [2.45, 2.75) is 19.9 Å². The third kappa shape index (κ3) is 2.70. The van der Waals surface area contributed by atoms with Gasteiger partial charge in [-0.05, 0) is 34.0 Å². The molecule has 0 aliphatic heterocycles. The molecule has 2 aromatic rings. The van der Waals surface area contributed by atoms with Gasteiger partial charge in [0.25, 0.3) is 5.89 Å². The maximum absolute atomic E-state index is 5.94. The first kappa shape index (κ1) is 12.2. The van der Waals surface area contributed by atoms with Gasteiger partial charge in [0.05, 0.1) is 6.04 Å². The number of hydrogen-bond donors (Lipinski definition) is 1. The maximum Gasteiger partial charge on any atom is 0.276 e. The summed E-state index contributed by atoms with van der Waals surface area (Å²) in [6.07, 6.45) is 1.68. The molecule has 2 heterocycles. The van der Waals surface area contributed by atoms with Crippen molar-refractivity contribution in [3.8, 4) is 11.6 Å². The fourth-order valence-electron chi connectivity index (χ4n) is 1.27. The summed E-state index contributed by atoms with van der Waals surface area (Å²) in [5.41, 5.74) is 6.58. The van der Waals surface area contributed by atoms with Crippen molar-refractivity contribution in [2.75, 3.05) is 0 Å². The summed E-state index contributed by atoms with van der Waals surface area (Å²) in [6, 6.07) is 3.46. The molecule has 0 aromatic carbocycles. The standard InChI is InChI=1S/C11H13BrN4O/c1-6(2)9(13)10-15-11(17-16-10)8-4-3-7(12)5-14-8/h3-6,9H,13H2,1-2H3. The molecule has 0 spiro atoms. The van der Waals surface area contributed by atoms with Crippen LogP contribution in [0.2, 0.25) is 0 Å². The fourth-order valence-corrected chi connectivity index (χ4v) is 1.51.